The Kier molecular flexibility index (Phi) is 3.67. The Morgan fingerprint density at radius 2 is 1.59 bits per heavy atom. The van der Waals surface area contributed by atoms with E-state index in [9.17, 15) is 9.50 Å². The number of hydrogen-bond donors (Lipinski definition) is 1. The average molecular weight is 291 g/mol. The first-order valence-corrected chi connectivity index (χ1v) is 7.13. The molecule has 0 amide bonds. The molecule has 2 aromatic rings. The van der Waals surface area contributed by atoms with Gasteiger partial charge in [0.25, 0.3) is 0 Å². The second kappa shape index (κ2) is 5.64. The van der Waals surface area contributed by atoms with Crippen molar-refractivity contribution in [2.45, 2.75) is 18.4 Å². The maximum absolute atomic E-state index is 13.1. The van der Waals surface area contributed by atoms with E-state index in [-0.39, 0.29) is 11.7 Å². The average Bonchev–Trinajstić information content (AvgIpc) is 3.39. The fourth-order valence-corrected chi connectivity index (χ4v) is 2.41. The molecule has 2 aromatic carbocycles. The van der Waals surface area contributed by atoms with Crippen molar-refractivity contribution in [2.24, 2.45) is 5.92 Å². The maximum Gasteiger partial charge on any atom is 0.154 e. The second-order valence-corrected chi connectivity index (χ2v) is 5.49. The summed E-state index contributed by atoms with van der Waals surface area (Å²) in [6.45, 7) is 0. The summed E-state index contributed by atoms with van der Waals surface area (Å²) in [6, 6.07) is 14.8. The molecule has 1 fully saturated rings. The summed E-state index contributed by atoms with van der Waals surface area (Å²) >= 11 is 0. The normalized spacial score (nSPS) is 16.0. The van der Waals surface area contributed by atoms with Crippen LogP contribution in [0.25, 0.3) is 0 Å². The quantitative estimate of drug-likeness (QED) is 0.862. The summed E-state index contributed by atoms with van der Waals surface area (Å²) < 4.78 is 13.1. The number of halogens is 1. The van der Waals surface area contributed by atoms with E-state index in [0.717, 1.165) is 18.4 Å². The van der Waals surface area contributed by atoms with Gasteiger partial charge < -0.3 is 5.11 Å². The van der Waals surface area contributed by atoms with Gasteiger partial charge >= 0.3 is 0 Å². The zero-order valence-corrected chi connectivity index (χ0v) is 11.9. The van der Waals surface area contributed by atoms with E-state index in [4.69, 9.17) is 5.26 Å². The van der Waals surface area contributed by atoms with Gasteiger partial charge in [-0.2, -0.15) is 5.26 Å². The molecule has 1 unspecified atom stereocenters. The fourth-order valence-electron chi connectivity index (χ4n) is 2.41. The summed E-state index contributed by atoms with van der Waals surface area (Å²) in [6.07, 6.45) is 1.83. The van der Waals surface area contributed by atoms with Gasteiger partial charge in [-0.05, 0) is 54.8 Å². The van der Waals surface area contributed by atoms with Crippen LogP contribution >= 0.6 is 0 Å². The van der Waals surface area contributed by atoms with E-state index in [2.05, 4.69) is 17.9 Å². The number of nitrogens with zero attached hydrogens (tertiary/aromatic N) is 1. The minimum absolute atomic E-state index is 0.0869. The van der Waals surface area contributed by atoms with Crippen molar-refractivity contribution in [1.82, 2.24) is 0 Å². The van der Waals surface area contributed by atoms with Gasteiger partial charge in [-0.3, -0.25) is 0 Å². The fraction of sp³-hybridized carbons (Fsp3) is 0.211. The Morgan fingerprint density at radius 1 is 1.00 bits per heavy atom. The highest BCUT2D eigenvalue weighted by molar-refractivity contribution is 5.43. The molecule has 1 aliphatic rings. The molecule has 108 valence electrons. The summed E-state index contributed by atoms with van der Waals surface area (Å²) in [5.74, 6) is 5.67. The first kappa shape index (κ1) is 14.3. The summed E-state index contributed by atoms with van der Waals surface area (Å²) in [5, 5.41) is 19.7. The highest BCUT2D eigenvalue weighted by Gasteiger charge is 2.44. The van der Waals surface area contributed by atoms with Gasteiger partial charge in [0.1, 0.15) is 5.82 Å². The van der Waals surface area contributed by atoms with Gasteiger partial charge in [-0.25, -0.2) is 4.39 Å². The van der Waals surface area contributed by atoms with Crippen LogP contribution in [0.3, 0.4) is 0 Å². The predicted octanol–water partition coefficient (Wildman–Crippen LogP) is 3.35. The first-order valence-electron chi connectivity index (χ1n) is 7.13. The van der Waals surface area contributed by atoms with E-state index < -0.39 is 5.60 Å². The standard InChI is InChI=1S/C19H14FNO/c20-18-9-7-17(8-10-18)19(22,16-5-6-16)12-11-14-1-3-15(13-21)4-2-14/h1-4,7-10,16,22H,5-6H2. The van der Waals surface area contributed by atoms with Crippen molar-refractivity contribution in [3.8, 4) is 17.9 Å². The molecule has 1 saturated carbocycles. The van der Waals surface area contributed by atoms with Gasteiger partial charge in [-0.1, -0.05) is 24.0 Å². The molecular formula is C19H14FNO. The maximum atomic E-state index is 13.1. The zero-order valence-electron chi connectivity index (χ0n) is 11.9. The van der Waals surface area contributed by atoms with E-state index in [1.54, 1.807) is 36.4 Å². The lowest BCUT2D eigenvalue weighted by atomic mass is 9.89. The van der Waals surface area contributed by atoms with Crippen molar-refractivity contribution < 1.29 is 9.50 Å². The number of hydrogen-bond acceptors (Lipinski definition) is 2. The molecule has 1 N–H and O–H groups in total. The number of aliphatic hydroxyl groups is 1. The lowest BCUT2D eigenvalue weighted by Crippen LogP contribution is -2.26. The molecule has 0 bridgehead atoms. The molecule has 1 aliphatic carbocycles. The van der Waals surface area contributed by atoms with Gasteiger partial charge in [0.2, 0.25) is 0 Å². The molecular weight excluding hydrogens is 277 g/mol. The molecule has 3 heteroatoms. The van der Waals surface area contributed by atoms with E-state index in [1.165, 1.54) is 12.1 Å². The number of nitriles is 1. The zero-order chi connectivity index (χ0) is 15.6. The molecule has 0 aromatic heterocycles. The van der Waals surface area contributed by atoms with Gasteiger partial charge in [-0.15, -0.1) is 0 Å². The van der Waals surface area contributed by atoms with Crippen molar-refractivity contribution in [3.05, 3.63) is 71.0 Å². The Balaban J connectivity index is 1.93. The number of benzene rings is 2. The smallest absolute Gasteiger partial charge is 0.154 e. The van der Waals surface area contributed by atoms with Gasteiger partial charge in [0, 0.05) is 11.5 Å². The van der Waals surface area contributed by atoms with Crippen molar-refractivity contribution >= 4 is 0 Å². The summed E-state index contributed by atoms with van der Waals surface area (Å²) in [7, 11) is 0. The minimum atomic E-state index is -1.25. The third kappa shape index (κ3) is 2.86. The molecule has 0 aliphatic heterocycles. The molecule has 0 radical (unpaired) electrons. The van der Waals surface area contributed by atoms with Crippen LogP contribution in [0.2, 0.25) is 0 Å². The van der Waals surface area contributed by atoms with Crippen LogP contribution in [0, 0.1) is 34.9 Å². The van der Waals surface area contributed by atoms with Crippen LogP contribution in [-0.2, 0) is 5.60 Å². The van der Waals surface area contributed by atoms with Crippen LogP contribution in [0.5, 0.6) is 0 Å². The van der Waals surface area contributed by atoms with Gasteiger partial charge in [0.15, 0.2) is 5.60 Å². The largest absolute Gasteiger partial charge is 0.373 e. The van der Waals surface area contributed by atoms with Crippen molar-refractivity contribution in [1.29, 1.82) is 5.26 Å². The lowest BCUT2D eigenvalue weighted by molar-refractivity contribution is 0.0756. The second-order valence-electron chi connectivity index (χ2n) is 5.49. The highest BCUT2D eigenvalue weighted by Crippen LogP contribution is 2.45. The molecule has 2 nitrogen and oxygen atoms in total. The molecule has 0 saturated heterocycles. The van der Waals surface area contributed by atoms with Crippen molar-refractivity contribution in [3.63, 3.8) is 0 Å². The van der Waals surface area contributed by atoms with E-state index in [1.807, 2.05) is 0 Å². The predicted molar refractivity (Wildman–Crippen MR) is 81.1 cm³/mol. The van der Waals surface area contributed by atoms with Crippen LogP contribution in [0.1, 0.15) is 29.5 Å². The molecule has 3 rings (SSSR count). The third-order valence-electron chi connectivity index (χ3n) is 3.86. The lowest BCUT2D eigenvalue weighted by Gasteiger charge is -2.22. The van der Waals surface area contributed by atoms with E-state index in [0.29, 0.717) is 11.1 Å². The molecule has 1 atom stereocenters. The van der Waals surface area contributed by atoms with Crippen molar-refractivity contribution in [2.75, 3.05) is 0 Å². The summed E-state index contributed by atoms with van der Waals surface area (Å²) in [5.41, 5.74) is 0.681. The van der Waals surface area contributed by atoms with Crippen LogP contribution in [-0.4, -0.2) is 5.11 Å². The Labute approximate surface area is 128 Å². The van der Waals surface area contributed by atoms with E-state index >= 15 is 0 Å². The van der Waals surface area contributed by atoms with Crippen LogP contribution < -0.4 is 0 Å². The van der Waals surface area contributed by atoms with Gasteiger partial charge in [0.05, 0.1) is 11.6 Å². The Hall–Kier alpha value is -2.62. The minimum Gasteiger partial charge on any atom is -0.373 e. The van der Waals surface area contributed by atoms with Crippen LogP contribution in [0.15, 0.2) is 48.5 Å². The Bertz CT molecular complexity index is 773. The summed E-state index contributed by atoms with van der Waals surface area (Å²) in [4.78, 5) is 0. The monoisotopic (exact) mass is 291 g/mol. The molecule has 22 heavy (non-hydrogen) atoms. The SMILES string of the molecule is N#Cc1ccc(C#CC(O)(c2ccc(F)cc2)C2CC2)cc1. The molecule has 0 heterocycles. The third-order valence-corrected chi connectivity index (χ3v) is 3.86. The van der Waals surface area contributed by atoms with Crippen LogP contribution in [0.4, 0.5) is 4.39 Å². The Morgan fingerprint density at radius 3 is 2.14 bits per heavy atom. The molecule has 0 spiro atoms. The highest BCUT2D eigenvalue weighted by atomic mass is 19.1. The number of rotatable bonds is 2. The topological polar surface area (TPSA) is 44.0 Å². The first-order chi connectivity index (χ1) is 10.6.